The molecular weight excluding hydrogens is 292 g/mol. The fourth-order valence-electron chi connectivity index (χ4n) is 1.73. The molecule has 0 heterocycles. The van der Waals surface area contributed by atoms with Gasteiger partial charge in [0, 0.05) is 10.6 Å². The minimum absolute atomic E-state index is 0.0123. The van der Waals surface area contributed by atoms with Crippen molar-refractivity contribution in [3.05, 3.63) is 34.9 Å². The molecule has 0 spiro atoms. The lowest BCUT2D eigenvalue weighted by molar-refractivity contribution is -0.136. The zero-order valence-corrected chi connectivity index (χ0v) is 13.2. The Bertz CT molecular complexity index is 476. The third kappa shape index (κ3) is 5.36. The van der Waals surface area contributed by atoms with Crippen LogP contribution in [0.3, 0.4) is 0 Å². The number of carbonyl (C=O) groups is 2. The van der Waals surface area contributed by atoms with Gasteiger partial charge in [-0.2, -0.15) is 0 Å². The fourth-order valence-corrected chi connectivity index (χ4v) is 1.86. The predicted molar refractivity (Wildman–Crippen MR) is 81.9 cm³/mol. The summed E-state index contributed by atoms with van der Waals surface area (Å²) in [6.07, 6.45) is 0.755. The summed E-state index contributed by atoms with van der Waals surface area (Å²) in [5, 5.41) is 3.29. The molecular formula is C15H21ClN2O3. The molecule has 2 amide bonds. The van der Waals surface area contributed by atoms with Crippen LogP contribution >= 0.6 is 11.6 Å². The number of nitrogens with one attached hydrogen (secondary N) is 2. The molecule has 0 radical (unpaired) electrons. The normalized spacial score (nSPS) is 13.3. The standard InChI is InChI=1S/C15H21ClN2O3/c1-4-10(3)13(15(20)18-21-5-2)17-14(19)11-6-8-12(16)9-7-11/h6-10,13H,4-5H2,1-3H3,(H,17,19)(H,18,20)/t10-,13-/m0/s1. The SMILES string of the molecule is CCONC(=O)[C@@H](NC(=O)c1ccc(Cl)cc1)[C@@H](C)CC. The molecule has 0 saturated heterocycles. The molecule has 0 aromatic heterocycles. The number of hydroxylamine groups is 1. The summed E-state index contributed by atoms with van der Waals surface area (Å²) >= 11 is 5.79. The number of halogens is 1. The van der Waals surface area contributed by atoms with Crippen molar-refractivity contribution in [2.45, 2.75) is 33.2 Å². The Morgan fingerprint density at radius 1 is 1.24 bits per heavy atom. The van der Waals surface area contributed by atoms with E-state index in [1.165, 1.54) is 0 Å². The number of hydrogen-bond donors (Lipinski definition) is 2. The maximum absolute atomic E-state index is 12.2. The summed E-state index contributed by atoms with van der Waals surface area (Å²) in [6.45, 7) is 5.99. The van der Waals surface area contributed by atoms with Gasteiger partial charge in [-0.3, -0.25) is 14.4 Å². The molecule has 6 heteroatoms. The van der Waals surface area contributed by atoms with Crippen molar-refractivity contribution in [2.24, 2.45) is 5.92 Å². The third-order valence-electron chi connectivity index (χ3n) is 3.21. The van der Waals surface area contributed by atoms with E-state index in [2.05, 4.69) is 10.8 Å². The lowest BCUT2D eigenvalue weighted by atomic mass is 9.98. The third-order valence-corrected chi connectivity index (χ3v) is 3.46. The lowest BCUT2D eigenvalue weighted by Gasteiger charge is -2.23. The molecule has 0 aliphatic carbocycles. The van der Waals surface area contributed by atoms with Crippen molar-refractivity contribution >= 4 is 23.4 Å². The first-order valence-electron chi connectivity index (χ1n) is 6.97. The fraction of sp³-hybridized carbons (Fsp3) is 0.467. The molecule has 2 N–H and O–H groups in total. The molecule has 0 aliphatic rings. The summed E-state index contributed by atoms with van der Waals surface area (Å²) in [5.41, 5.74) is 2.79. The lowest BCUT2D eigenvalue weighted by Crippen LogP contribution is -2.50. The molecule has 0 fully saturated rings. The van der Waals surface area contributed by atoms with Gasteiger partial charge in [0.2, 0.25) is 0 Å². The number of hydrogen-bond acceptors (Lipinski definition) is 3. The summed E-state index contributed by atoms with van der Waals surface area (Å²) in [4.78, 5) is 29.1. The van der Waals surface area contributed by atoms with E-state index in [0.717, 1.165) is 6.42 Å². The van der Waals surface area contributed by atoms with Crippen LogP contribution in [0.4, 0.5) is 0 Å². The summed E-state index contributed by atoms with van der Waals surface area (Å²) < 4.78 is 0. The Morgan fingerprint density at radius 2 is 1.86 bits per heavy atom. The van der Waals surface area contributed by atoms with E-state index in [4.69, 9.17) is 16.4 Å². The van der Waals surface area contributed by atoms with Crippen molar-refractivity contribution < 1.29 is 14.4 Å². The monoisotopic (exact) mass is 312 g/mol. The van der Waals surface area contributed by atoms with Crippen molar-refractivity contribution in [1.82, 2.24) is 10.8 Å². The maximum Gasteiger partial charge on any atom is 0.266 e. The number of carbonyl (C=O) groups excluding carboxylic acids is 2. The van der Waals surface area contributed by atoms with Crippen LogP contribution < -0.4 is 10.8 Å². The van der Waals surface area contributed by atoms with Gasteiger partial charge in [0.25, 0.3) is 11.8 Å². The zero-order chi connectivity index (χ0) is 15.8. The van der Waals surface area contributed by atoms with Gasteiger partial charge >= 0.3 is 0 Å². The first kappa shape index (κ1) is 17.5. The van der Waals surface area contributed by atoms with Gasteiger partial charge in [-0.15, -0.1) is 0 Å². The average Bonchev–Trinajstić information content (AvgIpc) is 2.49. The molecule has 0 unspecified atom stereocenters. The van der Waals surface area contributed by atoms with Crippen LogP contribution in [-0.2, 0) is 9.63 Å². The largest absolute Gasteiger partial charge is 0.340 e. The minimum Gasteiger partial charge on any atom is -0.340 e. The Morgan fingerprint density at radius 3 is 2.38 bits per heavy atom. The Balaban J connectivity index is 2.78. The first-order valence-corrected chi connectivity index (χ1v) is 7.35. The topological polar surface area (TPSA) is 67.4 Å². The predicted octanol–water partition coefficient (Wildman–Crippen LogP) is 2.55. The van der Waals surface area contributed by atoms with E-state index in [0.29, 0.717) is 17.2 Å². The van der Waals surface area contributed by atoms with E-state index in [1.54, 1.807) is 31.2 Å². The zero-order valence-electron chi connectivity index (χ0n) is 12.5. The second-order valence-electron chi connectivity index (χ2n) is 4.74. The Hall–Kier alpha value is -1.59. The van der Waals surface area contributed by atoms with Crippen molar-refractivity contribution in [2.75, 3.05) is 6.61 Å². The minimum atomic E-state index is -0.648. The van der Waals surface area contributed by atoms with Crippen LogP contribution in [0.1, 0.15) is 37.6 Å². The molecule has 1 rings (SSSR count). The van der Waals surface area contributed by atoms with Gasteiger partial charge in [-0.05, 0) is 37.1 Å². The second kappa shape index (κ2) is 8.64. The highest BCUT2D eigenvalue weighted by molar-refractivity contribution is 6.30. The van der Waals surface area contributed by atoms with E-state index in [1.807, 2.05) is 13.8 Å². The van der Waals surface area contributed by atoms with Crippen molar-refractivity contribution in [1.29, 1.82) is 0 Å². The van der Waals surface area contributed by atoms with Crippen LogP contribution in [-0.4, -0.2) is 24.5 Å². The van der Waals surface area contributed by atoms with Gasteiger partial charge < -0.3 is 5.32 Å². The van der Waals surface area contributed by atoms with E-state index < -0.39 is 6.04 Å². The molecule has 1 aromatic carbocycles. The second-order valence-corrected chi connectivity index (χ2v) is 5.18. The number of amides is 2. The molecule has 0 saturated carbocycles. The van der Waals surface area contributed by atoms with Gasteiger partial charge in [-0.25, -0.2) is 5.48 Å². The van der Waals surface area contributed by atoms with Gasteiger partial charge in [-0.1, -0.05) is 31.9 Å². The molecule has 0 aliphatic heterocycles. The molecule has 0 bridgehead atoms. The highest BCUT2D eigenvalue weighted by Gasteiger charge is 2.26. The van der Waals surface area contributed by atoms with Crippen LogP contribution in [0.15, 0.2) is 24.3 Å². The summed E-state index contributed by atoms with van der Waals surface area (Å²) in [5.74, 6) is -0.682. The van der Waals surface area contributed by atoms with E-state index >= 15 is 0 Å². The summed E-state index contributed by atoms with van der Waals surface area (Å²) in [6, 6.07) is 5.85. The quantitative estimate of drug-likeness (QED) is 0.760. The highest BCUT2D eigenvalue weighted by Crippen LogP contribution is 2.12. The highest BCUT2D eigenvalue weighted by atomic mass is 35.5. The summed E-state index contributed by atoms with van der Waals surface area (Å²) in [7, 11) is 0. The first-order chi connectivity index (χ1) is 9.99. The Labute approximate surface area is 130 Å². The maximum atomic E-state index is 12.2. The van der Waals surface area contributed by atoms with Crippen molar-refractivity contribution in [3.8, 4) is 0 Å². The number of rotatable bonds is 7. The van der Waals surface area contributed by atoms with E-state index in [9.17, 15) is 9.59 Å². The van der Waals surface area contributed by atoms with Crippen LogP contribution in [0.25, 0.3) is 0 Å². The number of benzene rings is 1. The van der Waals surface area contributed by atoms with Gasteiger partial charge in [0.05, 0.1) is 6.61 Å². The van der Waals surface area contributed by atoms with Crippen molar-refractivity contribution in [3.63, 3.8) is 0 Å². The smallest absolute Gasteiger partial charge is 0.266 e. The van der Waals surface area contributed by atoms with E-state index in [-0.39, 0.29) is 17.7 Å². The van der Waals surface area contributed by atoms with Gasteiger partial charge in [0.1, 0.15) is 6.04 Å². The van der Waals surface area contributed by atoms with Crippen LogP contribution in [0, 0.1) is 5.92 Å². The average molecular weight is 313 g/mol. The van der Waals surface area contributed by atoms with Crippen LogP contribution in [0.5, 0.6) is 0 Å². The molecule has 5 nitrogen and oxygen atoms in total. The molecule has 1 aromatic rings. The van der Waals surface area contributed by atoms with Crippen LogP contribution in [0.2, 0.25) is 5.02 Å². The molecule has 21 heavy (non-hydrogen) atoms. The van der Waals surface area contributed by atoms with Gasteiger partial charge in [0.15, 0.2) is 0 Å². The molecule has 116 valence electrons. The molecule has 2 atom stereocenters. The Kier molecular flexibility index (Phi) is 7.19.